The Labute approximate surface area is 143 Å². The molecule has 1 aliphatic heterocycles. The molecule has 0 aliphatic carbocycles. The minimum atomic E-state index is 0.0290. The van der Waals surface area contributed by atoms with E-state index >= 15 is 0 Å². The SMILES string of the molecule is Cc1cncc(C(=O)N2CCn3c(CN(C)C(C)C)cnc3C2)c1. The van der Waals surface area contributed by atoms with Crippen LogP contribution in [0.5, 0.6) is 0 Å². The minimum Gasteiger partial charge on any atom is -0.329 e. The fourth-order valence-corrected chi connectivity index (χ4v) is 2.92. The van der Waals surface area contributed by atoms with Crippen LogP contribution in [0.15, 0.2) is 24.7 Å². The van der Waals surface area contributed by atoms with Crippen LogP contribution in [0.3, 0.4) is 0 Å². The summed E-state index contributed by atoms with van der Waals surface area (Å²) in [4.78, 5) is 25.5. The highest BCUT2D eigenvalue weighted by Gasteiger charge is 2.25. The van der Waals surface area contributed by atoms with Crippen LogP contribution in [0, 0.1) is 6.92 Å². The van der Waals surface area contributed by atoms with Crippen molar-refractivity contribution < 1.29 is 4.79 Å². The first kappa shape index (κ1) is 16.6. The first-order chi connectivity index (χ1) is 11.5. The molecule has 0 radical (unpaired) electrons. The molecule has 128 valence electrons. The smallest absolute Gasteiger partial charge is 0.255 e. The fraction of sp³-hybridized carbons (Fsp3) is 0.500. The molecule has 2 aromatic heterocycles. The van der Waals surface area contributed by atoms with Gasteiger partial charge in [-0.15, -0.1) is 0 Å². The Morgan fingerprint density at radius 3 is 2.79 bits per heavy atom. The molecule has 0 saturated carbocycles. The van der Waals surface area contributed by atoms with Gasteiger partial charge in [-0.3, -0.25) is 14.7 Å². The third-order valence-corrected chi connectivity index (χ3v) is 4.65. The monoisotopic (exact) mass is 327 g/mol. The second-order valence-electron chi connectivity index (χ2n) is 6.80. The van der Waals surface area contributed by atoms with Crippen LogP contribution < -0.4 is 0 Å². The van der Waals surface area contributed by atoms with E-state index in [0.29, 0.717) is 24.7 Å². The summed E-state index contributed by atoms with van der Waals surface area (Å²) in [7, 11) is 2.12. The summed E-state index contributed by atoms with van der Waals surface area (Å²) in [6.07, 6.45) is 5.34. The Hall–Kier alpha value is -2.21. The molecule has 1 aliphatic rings. The molecule has 0 unspecified atom stereocenters. The lowest BCUT2D eigenvalue weighted by Crippen LogP contribution is -2.39. The Kier molecular flexibility index (Phi) is 4.66. The van der Waals surface area contributed by atoms with Gasteiger partial charge < -0.3 is 9.47 Å². The summed E-state index contributed by atoms with van der Waals surface area (Å²) < 4.78 is 2.25. The van der Waals surface area contributed by atoms with E-state index in [9.17, 15) is 4.79 Å². The summed E-state index contributed by atoms with van der Waals surface area (Å²) in [6.45, 7) is 9.24. The first-order valence-electron chi connectivity index (χ1n) is 8.40. The number of carbonyl (C=O) groups excluding carboxylic acids is 1. The van der Waals surface area contributed by atoms with Gasteiger partial charge in [-0.1, -0.05) is 0 Å². The van der Waals surface area contributed by atoms with Crippen molar-refractivity contribution in [2.75, 3.05) is 13.6 Å². The van der Waals surface area contributed by atoms with E-state index < -0.39 is 0 Å². The van der Waals surface area contributed by atoms with E-state index in [1.54, 1.807) is 12.4 Å². The number of rotatable bonds is 4. The predicted molar refractivity (Wildman–Crippen MR) is 92.5 cm³/mol. The van der Waals surface area contributed by atoms with E-state index in [4.69, 9.17) is 0 Å². The van der Waals surface area contributed by atoms with Crippen molar-refractivity contribution in [1.82, 2.24) is 24.3 Å². The number of fused-ring (bicyclic) bond motifs is 1. The summed E-state index contributed by atoms with van der Waals surface area (Å²) in [5, 5.41) is 0. The zero-order chi connectivity index (χ0) is 17.3. The van der Waals surface area contributed by atoms with E-state index in [1.807, 2.05) is 24.1 Å². The number of hydrogen-bond donors (Lipinski definition) is 0. The Balaban J connectivity index is 1.74. The van der Waals surface area contributed by atoms with Crippen molar-refractivity contribution in [3.8, 4) is 0 Å². The average Bonchev–Trinajstić information content (AvgIpc) is 2.96. The number of hydrogen-bond acceptors (Lipinski definition) is 4. The maximum atomic E-state index is 12.7. The van der Waals surface area contributed by atoms with Crippen molar-refractivity contribution in [3.63, 3.8) is 0 Å². The predicted octanol–water partition coefficient (Wildman–Crippen LogP) is 2.08. The maximum absolute atomic E-state index is 12.7. The summed E-state index contributed by atoms with van der Waals surface area (Å²) in [6, 6.07) is 2.38. The molecule has 0 N–H and O–H groups in total. The lowest BCUT2D eigenvalue weighted by atomic mass is 10.2. The van der Waals surface area contributed by atoms with Gasteiger partial charge in [-0.2, -0.15) is 0 Å². The van der Waals surface area contributed by atoms with Crippen LogP contribution in [0.4, 0.5) is 0 Å². The molecule has 24 heavy (non-hydrogen) atoms. The molecule has 0 spiro atoms. The number of nitrogens with zero attached hydrogens (tertiary/aromatic N) is 5. The van der Waals surface area contributed by atoms with Gasteiger partial charge in [0.2, 0.25) is 0 Å². The van der Waals surface area contributed by atoms with Crippen LogP contribution in [0.2, 0.25) is 0 Å². The number of amides is 1. The number of imidazole rings is 1. The van der Waals surface area contributed by atoms with Gasteiger partial charge in [0.15, 0.2) is 0 Å². The van der Waals surface area contributed by atoms with Crippen molar-refractivity contribution in [3.05, 3.63) is 47.3 Å². The van der Waals surface area contributed by atoms with Gasteiger partial charge >= 0.3 is 0 Å². The molecule has 1 amide bonds. The topological polar surface area (TPSA) is 54.3 Å². The fourth-order valence-electron chi connectivity index (χ4n) is 2.92. The third-order valence-electron chi connectivity index (χ3n) is 4.65. The van der Waals surface area contributed by atoms with Gasteiger partial charge in [0.1, 0.15) is 5.82 Å². The second kappa shape index (κ2) is 6.73. The van der Waals surface area contributed by atoms with Crippen LogP contribution in [-0.2, 0) is 19.6 Å². The number of aryl methyl sites for hydroxylation is 1. The van der Waals surface area contributed by atoms with Gasteiger partial charge in [-0.05, 0) is 39.4 Å². The second-order valence-corrected chi connectivity index (χ2v) is 6.80. The van der Waals surface area contributed by atoms with Gasteiger partial charge in [0.25, 0.3) is 5.91 Å². The summed E-state index contributed by atoms with van der Waals surface area (Å²) >= 11 is 0. The highest BCUT2D eigenvalue weighted by Crippen LogP contribution is 2.18. The first-order valence-corrected chi connectivity index (χ1v) is 8.40. The van der Waals surface area contributed by atoms with E-state index in [1.165, 1.54) is 5.69 Å². The molecule has 0 aromatic carbocycles. The number of carbonyl (C=O) groups is 1. The highest BCUT2D eigenvalue weighted by molar-refractivity contribution is 5.94. The summed E-state index contributed by atoms with van der Waals surface area (Å²) in [5.41, 5.74) is 2.86. The Morgan fingerprint density at radius 1 is 1.29 bits per heavy atom. The molecule has 2 aromatic rings. The quantitative estimate of drug-likeness (QED) is 0.863. The summed E-state index contributed by atoms with van der Waals surface area (Å²) in [5.74, 6) is 0.990. The molecule has 0 fully saturated rings. The Bertz CT molecular complexity index is 737. The molecule has 0 atom stereocenters. The highest BCUT2D eigenvalue weighted by atomic mass is 16.2. The van der Waals surface area contributed by atoms with E-state index in [0.717, 1.165) is 24.5 Å². The lowest BCUT2D eigenvalue weighted by molar-refractivity contribution is 0.0705. The van der Waals surface area contributed by atoms with Crippen molar-refractivity contribution >= 4 is 5.91 Å². The largest absolute Gasteiger partial charge is 0.329 e. The minimum absolute atomic E-state index is 0.0290. The maximum Gasteiger partial charge on any atom is 0.255 e. The van der Waals surface area contributed by atoms with Crippen molar-refractivity contribution in [2.45, 2.75) is 46.4 Å². The zero-order valence-electron chi connectivity index (χ0n) is 14.9. The lowest BCUT2D eigenvalue weighted by Gasteiger charge is -2.29. The van der Waals surface area contributed by atoms with Crippen LogP contribution >= 0.6 is 0 Å². The van der Waals surface area contributed by atoms with Crippen LogP contribution in [0.25, 0.3) is 0 Å². The zero-order valence-corrected chi connectivity index (χ0v) is 14.9. The molecule has 3 rings (SSSR count). The molecular weight excluding hydrogens is 302 g/mol. The number of pyridine rings is 1. The molecule has 0 bridgehead atoms. The van der Waals surface area contributed by atoms with Gasteiger partial charge in [0.05, 0.1) is 17.8 Å². The van der Waals surface area contributed by atoms with Gasteiger partial charge in [0, 0.05) is 44.3 Å². The molecule has 3 heterocycles. The van der Waals surface area contributed by atoms with E-state index in [-0.39, 0.29) is 5.91 Å². The normalized spacial score (nSPS) is 14.3. The molecular formula is C18H25N5O. The van der Waals surface area contributed by atoms with Crippen LogP contribution in [0.1, 0.15) is 41.3 Å². The number of aromatic nitrogens is 3. The molecule has 6 nitrogen and oxygen atoms in total. The van der Waals surface area contributed by atoms with E-state index in [2.05, 4.69) is 40.3 Å². The Morgan fingerprint density at radius 2 is 2.08 bits per heavy atom. The van der Waals surface area contributed by atoms with Crippen LogP contribution in [-0.4, -0.2) is 49.9 Å². The third kappa shape index (κ3) is 3.33. The standard InChI is InChI=1S/C18H25N5O/c1-13(2)21(4)11-16-10-20-17-12-22(5-6-23(16)17)18(24)15-7-14(3)8-19-9-15/h7-10,13H,5-6,11-12H2,1-4H3. The molecule has 0 saturated heterocycles. The van der Waals surface area contributed by atoms with Gasteiger partial charge in [-0.25, -0.2) is 4.98 Å². The van der Waals surface area contributed by atoms with Crippen molar-refractivity contribution in [1.29, 1.82) is 0 Å². The average molecular weight is 327 g/mol. The van der Waals surface area contributed by atoms with Crippen molar-refractivity contribution in [2.24, 2.45) is 0 Å². The molecule has 6 heteroatoms.